The molecule has 0 aliphatic carbocycles. The fourth-order valence-electron chi connectivity index (χ4n) is 4.20. The second-order valence-electron chi connectivity index (χ2n) is 9.21. The van der Waals surface area contributed by atoms with Crippen molar-refractivity contribution < 1.29 is 14.5 Å². The summed E-state index contributed by atoms with van der Waals surface area (Å²) in [4.78, 5) is 38.3. The Bertz CT molecular complexity index is 1320. The minimum Gasteiger partial charge on any atom is -0.410 e. The van der Waals surface area contributed by atoms with Gasteiger partial charge in [0, 0.05) is 74.6 Å². The van der Waals surface area contributed by atoms with E-state index in [0.29, 0.717) is 26.2 Å². The smallest absolute Gasteiger partial charge is 0.410 e. The SMILES string of the molecule is CCC(C)=C/C(=C1/N=C(N2CCN(C(=O)Oc3ccc([N+](=O)[O-])cc3)CC2)C=CN1C)c1cccnc1C. The second kappa shape index (κ2) is 11.7. The lowest BCUT2D eigenvalue weighted by Gasteiger charge is -2.36. The van der Waals surface area contributed by atoms with Crippen molar-refractivity contribution in [1.29, 1.82) is 0 Å². The quantitative estimate of drug-likeness (QED) is 0.407. The molecule has 0 atom stereocenters. The number of benzene rings is 1. The molecule has 1 aromatic heterocycles. The van der Waals surface area contributed by atoms with E-state index in [2.05, 4.69) is 35.9 Å². The van der Waals surface area contributed by atoms with Crippen molar-refractivity contribution >= 4 is 23.2 Å². The van der Waals surface area contributed by atoms with E-state index in [4.69, 9.17) is 9.73 Å². The Balaban J connectivity index is 1.50. The van der Waals surface area contributed by atoms with Crippen molar-refractivity contribution in [2.24, 2.45) is 4.99 Å². The van der Waals surface area contributed by atoms with Crippen LogP contribution in [-0.2, 0) is 0 Å². The van der Waals surface area contributed by atoms with E-state index in [0.717, 1.165) is 34.9 Å². The highest BCUT2D eigenvalue weighted by Crippen LogP contribution is 2.29. The Morgan fingerprint density at radius 3 is 2.50 bits per heavy atom. The number of hydrogen-bond donors (Lipinski definition) is 0. The summed E-state index contributed by atoms with van der Waals surface area (Å²) in [6.07, 6.45) is 8.43. The molecular formula is C28H32N6O4. The number of hydrogen-bond acceptors (Lipinski definition) is 8. The third kappa shape index (κ3) is 6.08. The number of carbonyl (C=O) groups is 1. The second-order valence-corrected chi connectivity index (χ2v) is 9.21. The summed E-state index contributed by atoms with van der Waals surface area (Å²) in [7, 11) is 1.99. The molecule has 4 rings (SSSR count). The maximum absolute atomic E-state index is 12.7. The lowest BCUT2D eigenvalue weighted by molar-refractivity contribution is -0.384. The number of aliphatic imine (C=N–C) groups is 1. The van der Waals surface area contributed by atoms with Crippen LogP contribution < -0.4 is 4.74 Å². The van der Waals surface area contributed by atoms with Gasteiger partial charge in [-0.05, 0) is 44.5 Å². The number of nitrogens with zero attached hydrogens (tertiary/aromatic N) is 6. The number of non-ortho nitro benzene ring substituents is 1. The van der Waals surface area contributed by atoms with E-state index in [1.165, 1.54) is 29.8 Å². The molecule has 0 spiro atoms. The summed E-state index contributed by atoms with van der Waals surface area (Å²) >= 11 is 0. The van der Waals surface area contributed by atoms with Gasteiger partial charge in [0.15, 0.2) is 0 Å². The molecule has 0 N–H and O–H groups in total. The summed E-state index contributed by atoms with van der Waals surface area (Å²) < 4.78 is 5.41. The van der Waals surface area contributed by atoms with Gasteiger partial charge in [0.05, 0.1) is 4.92 Å². The fraction of sp³-hybridized carbons (Fsp3) is 0.321. The van der Waals surface area contributed by atoms with Crippen LogP contribution in [0, 0.1) is 17.0 Å². The van der Waals surface area contributed by atoms with Gasteiger partial charge < -0.3 is 19.4 Å². The molecule has 198 valence electrons. The zero-order chi connectivity index (χ0) is 27.2. The van der Waals surface area contributed by atoms with Crippen molar-refractivity contribution in [3.8, 4) is 5.75 Å². The lowest BCUT2D eigenvalue weighted by atomic mass is 10.0. The first-order valence-corrected chi connectivity index (χ1v) is 12.6. The van der Waals surface area contributed by atoms with Gasteiger partial charge in [0.1, 0.15) is 17.4 Å². The highest BCUT2D eigenvalue weighted by molar-refractivity contribution is 5.96. The van der Waals surface area contributed by atoms with Gasteiger partial charge in [-0.3, -0.25) is 15.1 Å². The first-order chi connectivity index (χ1) is 18.3. The van der Waals surface area contributed by atoms with Crippen molar-refractivity contribution in [2.75, 3.05) is 33.2 Å². The average molecular weight is 517 g/mol. The molecule has 0 radical (unpaired) electrons. The van der Waals surface area contributed by atoms with Crippen LogP contribution in [0.5, 0.6) is 5.75 Å². The lowest BCUT2D eigenvalue weighted by Crippen LogP contribution is -2.51. The van der Waals surface area contributed by atoms with E-state index in [1.807, 2.05) is 37.2 Å². The molecule has 1 aromatic carbocycles. The number of amides is 1. The molecule has 0 unspecified atom stereocenters. The van der Waals surface area contributed by atoms with Gasteiger partial charge in [-0.2, -0.15) is 0 Å². The molecule has 1 fully saturated rings. The number of allylic oxidation sites excluding steroid dienone is 3. The summed E-state index contributed by atoms with van der Waals surface area (Å²) in [6, 6.07) is 9.49. The van der Waals surface area contributed by atoms with Gasteiger partial charge >= 0.3 is 6.09 Å². The standard InChI is InChI=1S/C28H32N6O4/c1-5-20(2)19-25(24-7-6-13-29-21(24)3)27-30-26(12-14-31(27)4)32-15-17-33(18-16-32)28(35)38-23-10-8-22(9-11-23)34(36)37/h6-14,19H,5,15-18H2,1-4H3/b20-19?,27-25+. The molecule has 0 bridgehead atoms. The molecule has 10 heteroatoms. The van der Waals surface area contributed by atoms with E-state index >= 15 is 0 Å². The number of nitro benzene ring substituents is 1. The summed E-state index contributed by atoms with van der Waals surface area (Å²) in [5, 5.41) is 10.8. The largest absolute Gasteiger partial charge is 0.415 e. The van der Waals surface area contributed by atoms with Crippen LogP contribution in [0.3, 0.4) is 0 Å². The predicted octanol–water partition coefficient (Wildman–Crippen LogP) is 5.00. The van der Waals surface area contributed by atoms with Crippen LogP contribution in [-0.4, -0.2) is 69.8 Å². The topological polar surface area (TPSA) is 104 Å². The minimum absolute atomic E-state index is 0.0546. The Morgan fingerprint density at radius 1 is 1.16 bits per heavy atom. The number of carbonyl (C=O) groups excluding carboxylic acids is 1. The van der Waals surface area contributed by atoms with Crippen LogP contribution in [0.2, 0.25) is 0 Å². The fourth-order valence-corrected chi connectivity index (χ4v) is 4.20. The molecule has 1 amide bonds. The zero-order valence-corrected chi connectivity index (χ0v) is 22.1. The first kappa shape index (κ1) is 26.6. The third-order valence-electron chi connectivity index (χ3n) is 6.60. The molecule has 2 aromatic rings. The number of pyridine rings is 1. The number of aromatic nitrogens is 1. The van der Waals surface area contributed by atoms with E-state index < -0.39 is 11.0 Å². The van der Waals surface area contributed by atoms with E-state index in [-0.39, 0.29) is 11.4 Å². The van der Waals surface area contributed by atoms with Gasteiger partial charge in [0.25, 0.3) is 5.69 Å². The Kier molecular flexibility index (Phi) is 8.20. The van der Waals surface area contributed by atoms with Crippen LogP contribution >= 0.6 is 0 Å². The zero-order valence-electron chi connectivity index (χ0n) is 22.1. The highest BCUT2D eigenvalue weighted by atomic mass is 16.6. The van der Waals surface area contributed by atoms with Crippen LogP contribution in [0.15, 0.2) is 77.3 Å². The van der Waals surface area contributed by atoms with Crippen molar-refractivity contribution in [2.45, 2.75) is 27.2 Å². The van der Waals surface area contributed by atoms with Gasteiger partial charge in [0.2, 0.25) is 0 Å². The molecule has 1 saturated heterocycles. The Morgan fingerprint density at radius 2 is 1.87 bits per heavy atom. The normalized spacial score (nSPS) is 17.3. The van der Waals surface area contributed by atoms with Gasteiger partial charge in [-0.25, -0.2) is 9.79 Å². The number of ether oxygens (including phenoxy) is 1. The maximum atomic E-state index is 12.7. The average Bonchev–Trinajstić information content (AvgIpc) is 2.93. The van der Waals surface area contributed by atoms with Crippen LogP contribution in [0.25, 0.3) is 5.57 Å². The monoisotopic (exact) mass is 516 g/mol. The number of nitro groups is 1. The van der Waals surface area contributed by atoms with Crippen molar-refractivity contribution in [3.63, 3.8) is 0 Å². The molecule has 2 aliphatic rings. The third-order valence-corrected chi connectivity index (χ3v) is 6.60. The molecule has 2 aliphatic heterocycles. The number of aryl methyl sites for hydroxylation is 1. The molecule has 3 heterocycles. The number of amidine groups is 1. The van der Waals surface area contributed by atoms with Crippen molar-refractivity contribution in [3.05, 3.63) is 93.7 Å². The minimum atomic E-state index is -0.492. The number of rotatable bonds is 5. The summed E-state index contributed by atoms with van der Waals surface area (Å²) in [5.74, 6) is 1.95. The maximum Gasteiger partial charge on any atom is 0.415 e. The summed E-state index contributed by atoms with van der Waals surface area (Å²) in [5.41, 5.74) is 4.19. The van der Waals surface area contributed by atoms with Gasteiger partial charge in [-0.1, -0.05) is 24.6 Å². The molecule has 0 saturated carbocycles. The van der Waals surface area contributed by atoms with E-state index in [1.54, 1.807) is 11.1 Å². The predicted molar refractivity (Wildman–Crippen MR) is 147 cm³/mol. The highest BCUT2D eigenvalue weighted by Gasteiger charge is 2.26. The van der Waals surface area contributed by atoms with Crippen LogP contribution in [0.1, 0.15) is 31.5 Å². The van der Waals surface area contributed by atoms with Crippen molar-refractivity contribution in [1.82, 2.24) is 19.7 Å². The molecule has 10 nitrogen and oxygen atoms in total. The van der Waals surface area contributed by atoms with Crippen LogP contribution in [0.4, 0.5) is 10.5 Å². The first-order valence-electron chi connectivity index (χ1n) is 12.6. The Hall–Kier alpha value is -4.47. The van der Waals surface area contributed by atoms with Gasteiger partial charge in [-0.15, -0.1) is 0 Å². The van der Waals surface area contributed by atoms with E-state index in [9.17, 15) is 14.9 Å². The molecular weight excluding hydrogens is 484 g/mol. The number of piperazine rings is 1. The summed E-state index contributed by atoms with van der Waals surface area (Å²) in [6.45, 7) is 8.39. The Labute approximate surface area is 222 Å². The molecule has 38 heavy (non-hydrogen) atoms.